The quantitative estimate of drug-likeness (QED) is 0.444. The molecule has 1 saturated heterocycles. The molecule has 0 bridgehead atoms. The molecule has 8 heteroatoms. The fraction of sp³-hybridized carbons (Fsp3) is 0.240. The van der Waals surface area contributed by atoms with Gasteiger partial charge in [-0.2, -0.15) is 4.31 Å². The maximum absolute atomic E-state index is 12.8. The van der Waals surface area contributed by atoms with Crippen LogP contribution >= 0.6 is 22.6 Å². The van der Waals surface area contributed by atoms with Crippen molar-refractivity contribution < 1.29 is 13.2 Å². The second kappa shape index (κ2) is 10.3. The number of piperazine rings is 1. The number of amides is 1. The van der Waals surface area contributed by atoms with Crippen molar-refractivity contribution in [2.75, 3.05) is 31.5 Å². The Labute approximate surface area is 208 Å². The Hall–Kier alpha value is -2.27. The number of hydrogen-bond donors (Lipinski definition) is 1. The number of nitrogens with one attached hydrogen (secondary N) is 1. The number of carbonyl (C=O) groups excluding carboxylic acids is 1. The highest BCUT2D eigenvalue weighted by Crippen LogP contribution is 2.20. The summed E-state index contributed by atoms with van der Waals surface area (Å²) in [6, 6.07) is 22.1. The Morgan fingerprint density at radius 1 is 0.939 bits per heavy atom. The molecule has 0 spiro atoms. The second-order valence-corrected chi connectivity index (χ2v) is 11.3. The van der Waals surface area contributed by atoms with E-state index in [1.807, 2.05) is 55.5 Å². The average Bonchev–Trinajstić information content (AvgIpc) is 2.82. The molecule has 0 saturated carbocycles. The van der Waals surface area contributed by atoms with Gasteiger partial charge in [0.25, 0.3) is 5.91 Å². The molecule has 0 aliphatic carbocycles. The number of aryl methyl sites for hydroxylation is 1. The highest BCUT2D eigenvalue weighted by Gasteiger charge is 2.28. The van der Waals surface area contributed by atoms with Gasteiger partial charge < -0.3 is 5.32 Å². The molecule has 1 aliphatic heterocycles. The molecule has 1 N–H and O–H groups in total. The Bertz CT molecular complexity index is 1240. The van der Waals surface area contributed by atoms with Crippen LogP contribution in [0.15, 0.2) is 77.7 Å². The van der Waals surface area contributed by atoms with E-state index in [0.29, 0.717) is 43.2 Å². The fourth-order valence-corrected chi connectivity index (χ4v) is 5.99. The van der Waals surface area contributed by atoms with Crippen LogP contribution in [0, 0.1) is 10.5 Å². The fourth-order valence-electron chi connectivity index (χ4n) is 3.90. The standard InChI is InChI=1S/C25H26IN3O3S/c1-19-16-22(26)10-11-24(19)27-25(30)21-7-5-6-20(17-21)18-28-12-14-29(15-13-28)33(31,32)23-8-3-2-4-9-23/h2-11,16-17H,12-15,18H2,1H3,(H,27,30). The van der Waals surface area contributed by atoms with Crippen LogP contribution in [0.3, 0.4) is 0 Å². The number of hydrogen-bond acceptors (Lipinski definition) is 4. The third-order valence-corrected chi connectivity index (χ3v) is 8.33. The molecule has 0 unspecified atom stereocenters. The number of anilines is 1. The normalized spacial score (nSPS) is 15.3. The van der Waals surface area contributed by atoms with Crippen LogP contribution in [0.4, 0.5) is 5.69 Å². The molecule has 0 atom stereocenters. The van der Waals surface area contributed by atoms with E-state index in [-0.39, 0.29) is 5.91 Å². The summed E-state index contributed by atoms with van der Waals surface area (Å²) in [4.78, 5) is 15.3. The molecule has 1 fully saturated rings. The molecule has 33 heavy (non-hydrogen) atoms. The summed E-state index contributed by atoms with van der Waals surface area (Å²) in [5.41, 5.74) is 3.47. The van der Waals surface area contributed by atoms with Crippen LogP contribution < -0.4 is 5.32 Å². The third kappa shape index (κ3) is 5.81. The van der Waals surface area contributed by atoms with Gasteiger partial charge in [-0.25, -0.2) is 8.42 Å². The Morgan fingerprint density at radius 3 is 2.36 bits per heavy atom. The monoisotopic (exact) mass is 575 g/mol. The largest absolute Gasteiger partial charge is 0.322 e. The van der Waals surface area contributed by atoms with Crippen LogP contribution in [0.2, 0.25) is 0 Å². The van der Waals surface area contributed by atoms with Crippen LogP contribution in [0.1, 0.15) is 21.5 Å². The zero-order chi connectivity index (χ0) is 23.4. The van der Waals surface area contributed by atoms with E-state index >= 15 is 0 Å². The van der Waals surface area contributed by atoms with Gasteiger partial charge in [0.2, 0.25) is 10.0 Å². The van der Waals surface area contributed by atoms with Crippen LogP contribution in [0.25, 0.3) is 0 Å². The molecule has 3 aromatic rings. The van der Waals surface area contributed by atoms with Gasteiger partial charge in [0.05, 0.1) is 4.90 Å². The number of benzene rings is 3. The summed E-state index contributed by atoms with van der Waals surface area (Å²) < 4.78 is 28.3. The molecule has 6 nitrogen and oxygen atoms in total. The average molecular weight is 575 g/mol. The summed E-state index contributed by atoms with van der Waals surface area (Å²) in [5, 5.41) is 2.99. The first kappa shape index (κ1) is 23.9. The minimum absolute atomic E-state index is 0.139. The Balaban J connectivity index is 1.37. The van der Waals surface area contributed by atoms with E-state index in [9.17, 15) is 13.2 Å². The van der Waals surface area contributed by atoms with Crippen molar-refractivity contribution in [1.82, 2.24) is 9.21 Å². The van der Waals surface area contributed by atoms with Crippen molar-refractivity contribution >= 4 is 44.2 Å². The minimum Gasteiger partial charge on any atom is -0.322 e. The molecule has 172 valence electrons. The molecular formula is C25H26IN3O3S. The first-order valence-electron chi connectivity index (χ1n) is 10.8. The number of sulfonamides is 1. The number of halogens is 1. The van der Waals surface area contributed by atoms with Gasteiger partial charge in [0.1, 0.15) is 0 Å². The van der Waals surface area contributed by atoms with Crippen molar-refractivity contribution in [2.45, 2.75) is 18.4 Å². The molecule has 1 heterocycles. The van der Waals surface area contributed by atoms with Gasteiger partial charge in [0.15, 0.2) is 0 Å². The van der Waals surface area contributed by atoms with Crippen molar-refractivity contribution in [3.05, 3.63) is 93.1 Å². The van der Waals surface area contributed by atoms with Crippen molar-refractivity contribution in [3.63, 3.8) is 0 Å². The van der Waals surface area contributed by atoms with Gasteiger partial charge in [-0.3, -0.25) is 9.69 Å². The lowest BCUT2D eigenvalue weighted by atomic mass is 10.1. The lowest BCUT2D eigenvalue weighted by molar-refractivity contribution is 0.102. The topological polar surface area (TPSA) is 69.7 Å². The van der Waals surface area contributed by atoms with Gasteiger partial charge in [0, 0.05) is 47.5 Å². The van der Waals surface area contributed by atoms with Crippen LogP contribution in [0.5, 0.6) is 0 Å². The Kier molecular flexibility index (Phi) is 7.48. The number of nitrogens with zero attached hydrogens (tertiary/aromatic N) is 2. The number of rotatable bonds is 6. The highest BCUT2D eigenvalue weighted by atomic mass is 127. The van der Waals surface area contributed by atoms with Gasteiger partial charge in [-0.15, -0.1) is 0 Å². The Morgan fingerprint density at radius 2 is 1.67 bits per heavy atom. The van der Waals surface area contributed by atoms with Crippen molar-refractivity contribution in [1.29, 1.82) is 0 Å². The number of carbonyl (C=O) groups is 1. The molecule has 1 amide bonds. The summed E-state index contributed by atoms with van der Waals surface area (Å²) in [6.07, 6.45) is 0. The van der Waals surface area contributed by atoms with E-state index < -0.39 is 10.0 Å². The van der Waals surface area contributed by atoms with E-state index in [1.165, 1.54) is 0 Å². The van der Waals surface area contributed by atoms with Crippen LogP contribution in [-0.2, 0) is 16.6 Å². The molecule has 0 aromatic heterocycles. The maximum atomic E-state index is 12.8. The lowest BCUT2D eigenvalue weighted by Gasteiger charge is -2.34. The van der Waals surface area contributed by atoms with Crippen LogP contribution in [-0.4, -0.2) is 49.7 Å². The predicted molar refractivity (Wildman–Crippen MR) is 139 cm³/mol. The highest BCUT2D eigenvalue weighted by molar-refractivity contribution is 14.1. The van der Waals surface area contributed by atoms with E-state index in [0.717, 1.165) is 20.4 Å². The first-order chi connectivity index (χ1) is 15.8. The minimum atomic E-state index is -3.46. The van der Waals surface area contributed by atoms with Gasteiger partial charge in [-0.1, -0.05) is 30.3 Å². The summed E-state index contributed by atoms with van der Waals surface area (Å²) in [6.45, 7) is 4.83. The predicted octanol–water partition coefficient (Wildman–Crippen LogP) is 4.36. The molecule has 4 rings (SSSR count). The molecule has 1 aliphatic rings. The molecule has 0 radical (unpaired) electrons. The van der Waals surface area contributed by atoms with E-state index in [2.05, 4.69) is 32.8 Å². The summed E-state index contributed by atoms with van der Waals surface area (Å²) >= 11 is 2.25. The SMILES string of the molecule is Cc1cc(I)ccc1NC(=O)c1cccc(CN2CCN(S(=O)(=O)c3ccccc3)CC2)c1. The zero-order valence-corrected chi connectivity index (χ0v) is 21.3. The van der Waals surface area contributed by atoms with E-state index in [4.69, 9.17) is 0 Å². The molecular weight excluding hydrogens is 549 g/mol. The lowest BCUT2D eigenvalue weighted by Crippen LogP contribution is -2.48. The first-order valence-corrected chi connectivity index (χ1v) is 13.3. The van der Waals surface area contributed by atoms with Gasteiger partial charge >= 0.3 is 0 Å². The third-order valence-electron chi connectivity index (χ3n) is 5.74. The zero-order valence-electron chi connectivity index (χ0n) is 18.4. The van der Waals surface area contributed by atoms with E-state index in [1.54, 1.807) is 28.6 Å². The van der Waals surface area contributed by atoms with Crippen molar-refractivity contribution in [3.8, 4) is 0 Å². The maximum Gasteiger partial charge on any atom is 0.255 e. The summed E-state index contributed by atoms with van der Waals surface area (Å²) in [5.74, 6) is -0.139. The van der Waals surface area contributed by atoms with Crippen molar-refractivity contribution in [2.24, 2.45) is 0 Å². The second-order valence-electron chi connectivity index (χ2n) is 8.11. The van der Waals surface area contributed by atoms with Gasteiger partial charge in [-0.05, 0) is 83.1 Å². The molecule has 3 aromatic carbocycles. The smallest absolute Gasteiger partial charge is 0.255 e. The summed E-state index contributed by atoms with van der Waals surface area (Å²) in [7, 11) is -3.46.